The maximum atomic E-state index is 14.0. The van der Waals surface area contributed by atoms with Gasteiger partial charge >= 0.3 is 0 Å². The molecule has 0 aliphatic heterocycles. The van der Waals surface area contributed by atoms with E-state index in [4.69, 9.17) is 4.98 Å². The fraction of sp³-hybridized carbons (Fsp3) is 0.0870. The second-order valence-electron chi connectivity index (χ2n) is 6.90. The lowest BCUT2D eigenvalue weighted by molar-refractivity contribution is 0.629. The summed E-state index contributed by atoms with van der Waals surface area (Å²) in [5.41, 5.74) is 3.48. The van der Waals surface area contributed by atoms with E-state index < -0.39 is 0 Å². The van der Waals surface area contributed by atoms with Crippen molar-refractivity contribution in [1.82, 2.24) is 24.5 Å². The summed E-state index contributed by atoms with van der Waals surface area (Å²) in [6.07, 6.45) is 5.70. The van der Waals surface area contributed by atoms with E-state index in [-0.39, 0.29) is 5.82 Å². The standard InChI is InChI=1S/C23H16FN7/c24-16-8-9-18-20(13-16)31(17-5-2-1-3-6-17)21(29-18)10-12-30(14-25)23-22-19(27-15-28-23)7-4-11-26-22/h1-9,11,13,15H,10,12H2. The lowest BCUT2D eigenvalue weighted by atomic mass is 10.2. The first kappa shape index (κ1) is 18.6. The van der Waals surface area contributed by atoms with Crippen molar-refractivity contribution < 1.29 is 4.39 Å². The van der Waals surface area contributed by atoms with Crippen LogP contribution in [0.25, 0.3) is 27.8 Å². The second kappa shape index (κ2) is 7.80. The molecule has 0 saturated heterocycles. The minimum atomic E-state index is -0.326. The maximum absolute atomic E-state index is 14.0. The first-order valence-electron chi connectivity index (χ1n) is 9.70. The molecule has 0 aliphatic rings. The monoisotopic (exact) mass is 409 g/mol. The third-order valence-electron chi connectivity index (χ3n) is 5.01. The molecule has 0 N–H and O–H groups in total. The second-order valence-corrected chi connectivity index (χ2v) is 6.90. The van der Waals surface area contributed by atoms with E-state index >= 15 is 0 Å². The van der Waals surface area contributed by atoms with Crippen molar-refractivity contribution in [3.63, 3.8) is 0 Å². The summed E-state index contributed by atoms with van der Waals surface area (Å²) in [4.78, 5) is 19.0. The molecule has 0 atom stereocenters. The summed E-state index contributed by atoms with van der Waals surface area (Å²) < 4.78 is 15.9. The van der Waals surface area contributed by atoms with Crippen LogP contribution < -0.4 is 4.90 Å². The molecule has 31 heavy (non-hydrogen) atoms. The average molecular weight is 409 g/mol. The Balaban J connectivity index is 1.54. The topological polar surface area (TPSA) is 83.5 Å². The molecule has 0 fully saturated rings. The highest BCUT2D eigenvalue weighted by atomic mass is 19.1. The van der Waals surface area contributed by atoms with Crippen LogP contribution in [0.1, 0.15) is 5.82 Å². The van der Waals surface area contributed by atoms with Gasteiger partial charge in [0.25, 0.3) is 0 Å². The molecule has 0 radical (unpaired) electrons. The van der Waals surface area contributed by atoms with E-state index in [1.165, 1.54) is 23.4 Å². The number of para-hydroxylation sites is 1. The molecule has 0 unspecified atom stereocenters. The predicted molar refractivity (Wildman–Crippen MR) is 115 cm³/mol. The zero-order valence-electron chi connectivity index (χ0n) is 16.4. The van der Waals surface area contributed by atoms with E-state index in [1.807, 2.05) is 41.0 Å². The van der Waals surface area contributed by atoms with Crippen LogP contribution in [0, 0.1) is 17.3 Å². The van der Waals surface area contributed by atoms with Gasteiger partial charge in [-0.3, -0.25) is 14.5 Å². The van der Waals surface area contributed by atoms with Crippen molar-refractivity contribution in [1.29, 1.82) is 5.26 Å². The summed E-state index contributed by atoms with van der Waals surface area (Å²) in [7, 11) is 0. The number of halogens is 1. The third-order valence-corrected chi connectivity index (χ3v) is 5.01. The van der Waals surface area contributed by atoms with Gasteiger partial charge in [-0.05, 0) is 36.4 Å². The Labute approximate surface area is 177 Å². The lowest BCUT2D eigenvalue weighted by Crippen LogP contribution is -2.22. The number of nitriles is 1. The van der Waals surface area contributed by atoms with Gasteiger partial charge in [0.05, 0.1) is 16.6 Å². The first-order valence-corrected chi connectivity index (χ1v) is 9.70. The van der Waals surface area contributed by atoms with E-state index in [0.717, 1.165) is 11.5 Å². The van der Waals surface area contributed by atoms with E-state index in [2.05, 4.69) is 21.1 Å². The molecular weight excluding hydrogens is 393 g/mol. The molecule has 7 nitrogen and oxygen atoms in total. The molecular formula is C23H16FN7. The van der Waals surface area contributed by atoms with Crippen molar-refractivity contribution in [2.24, 2.45) is 0 Å². The SMILES string of the molecule is N#CN(CCc1nc2ccc(F)cc2n1-c1ccccc1)c1ncnc2cccnc12. The largest absolute Gasteiger partial charge is 0.296 e. The quantitative estimate of drug-likeness (QED) is 0.322. The first-order chi connectivity index (χ1) is 15.2. The number of nitrogens with zero attached hydrogens (tertiary/aromatic N) is 7. The number of rotatable bonds is 5. The molecule has 0 aliphatic carbocycles. The number of hydrogen-bond donors (Lipinski definition) is 0. The molecule has 2 aromatic carbocycles. The fourth-order valence-electron chi connectivity index (χ4n) is 3.62. The van der Waals surface area contributed by atoms with Crippen LogP contribution in [0.2, 0.25) is 0 Å². The van der Waals surface area contributed by atoms with Gasteiger partial charge in [0.15, 0.2) is 12.0 Å². The number of aromatic nitrogens is 5. The minimum Gasteiger partial charge on any atom is -0.296 e. The van der Waals surface area contributed by atoms with E-state index in [1.54, 1.807) is 18.3 Å². The molecule has 3 aromatic heterocycles. The highest BCUT2D eigenvalue weighted by molar-refractivity contribution is 5.85. The lowest BCUT2D eigenvalue weighted by Gasteiger charge is -2.16. The highest BCUT2D eigenvalue weighted by Gasteiger charge is 2.17. The van der Waals surface area contributed by atoms with Gasteiger partial charge in [0.2, 0.25) is 0 Å². The van der Waals surface area contributed by atoms with Crippen molar-refractivity contribution in [3.8, 4) is 11.9 Å². The normalized spacial score (nSPS) is 11.0. The molecule has 150 valence electrons. The van der Waals surface area contributed by atoms with Gasteiger partial charge in [-0.2, -0.15) is 5.26 Å². The minimum absolute atomic E-state index is 0.326. The van der Waals surface area contributed by atoms with Crippen LogP contribution in [0.4, 0.5) is 10.2 Å². The Morgan fingerprint density at radius 1 is 0.968 bits per heavy atom. The van der Waals surface area contributed by atoms with Gasteiger partial charge in [-0.15, -0.1) is 0 Å². The van der Waals surface area contributed by atoms with Crippen LogP contribution >= 0.6 is 0 Å². The fourth-order valence-corrected chi connectivity index (χ4v) is 3.62. The molecule has 8 heteroatoms. The molecule has 3 heterocycles. The highest BCUT2D eigenvalue weighted by Crippen LogP contribution is 2.24. The number of imidazole rings is 1. The number of pyridine rings is 1. The summed E-state index contributed by atoms with van der Waals surface area (Å²) in [6, 6.07) is 17.8. The van der Waals surface area contributed by atoms with Crippen molar-refractivity contribution >= 4 is 27.9 Å². The Hall–Kier alpha value is -4.38. The summed E-state index contributed by atoms with van der Waals surface area (Å²) in [6.45, 7) is 0.331. The van der Waals surface area contributed by atoms with Gasteiger partial charge in [0, 0.05) is 30.9 Å². The van der Waals surface area contributed by atoms with Crippen LogP contribution in [0.15, 0.2) is 73.2 Å². The van der Waals surface area contributed by atoms with Gasteiger partial charge < -0.3 is 0 Å². The Bertz CT molecular complexity index is 1420. The third kappa shape index (κ3) is 3.42. The van der Waals surface area contributed by atoms with Crippen molar-refractivity contribution in [2.45, 2.75) is 6.42 Å². The van der Waals surface area contributed by atoms with Gasteiger partial charge in [-0.1, -0.05) is 18.2 Å². The predicted octanol–water partition coefficient (Wildman–Crippen LogP) is 4.03. The number of anilines is 1. The van der Waals surface area contributed by atoms with Crippen LogP contribution in [0.3, 0.4) is 0 Å². The Morgan fingerprint density at radius 2 is 1.84 bits per heavy atom. The molecule has 5 aromatic rings. The van der Waals surface area contributed by atoms with Gasteiger partial charge in [0.1, 0.15) is 23.5 Å². The smallest absolute Gasteiger partial charge is 0.185 e. The molecule has 0 amide bonds. The Kier molecular flexibility index (Phi) is 4.69. The molecule has 0 spiro atoms. The van der Waals surface area contributed by atoms with Crippen LogP contribution in [-0.2, 0) is 6.42 Å². The van der Waals surface area contributed by atoms with E-state index in [9.17, 15) is 9.65 Å². The maximum Gasteiger partial charge on any atom is 0.185 e. The zero-order chi connectivity index (χ0) is 21.2. The summed E-state index contributed by atoms with van der Waals surface area (Å²) in [5, 5.41) is 9.79. The average Bonchev–Trinajstić information content (AvgIpc) is 3.17. The Morgan fingerprint density at radius 3 is 2.68 bits per heavy atom. The molecule has 0 bridgehead atoms. The number of fused-ring (bicyclic) bond motifs is 2. The van der Waals surface area contributed by atoms with Crippen LogP contribution in [0.5, 0.6) is 0 Å². The molecule has 5 rings (SSSR count). The number of benzene rings is 2. The summed E-state index contributed by atoms with van der Waals surface area (Å²) in [5.74, 6) is 0.841. The van der Waals surface area contributed by atoms with Crippen LogP contribution in [-0.4, -0.2) is 31.0 Å². The van der Waals surface area contributed by atoms with Gasteiger partial charge in [-0.25, -0.2) is 19.3 Å². The van der Waals surface area contributed by atoms with Crippen molar-refractivity contribution in [2.75, 3.05) is 11.4 Å². The summed E-state index contributed by atoms with van der Waals surface area (Å²) >= 11 is 0. The zero-order valence-corrected chi connectivity index (χ0v) is 16.4. The molecule has 0 saturated carbocycles. The van der Waals surface area contributed by atoms with E-state index in [0.29, 0.717) is 40.9 Å². The van der Waals surface area contributed by atoms with Crippen molar-refractivity contribution in [3.05, 3.63) is 84.8 Å². The number of hydrogen-bond acceptors (Lipinski definition) is 6.